The van der Waals surface area contributed by atoms with Gasteiger partial charge in [0, 0.05) is 5.02 Å². The number of phenols is 1. The lowest BCUT2D eigenvalue weighted by molar-refractivity contribution is 0.472. The Morgan fingerprint density at radius 1 is 1.00 bits per heavy atom. The summed E-state index contributed by atoms with van der Waals surface area (Å²) in [6, 6.07) is 15.2. The molecule has 2 aromatic carbocycles. The van der Waals surface area contributed by atoms with E-state index in [9.17, 15) is 5.11 Å². The van der Waals surface area contributed by atoms with Crippen molar-refractivity contribution in [3.8, 4) is 5.75 Å². The van der Waals surface area contributed by atoms with Crippen molar-refractivity contribution in [1.29, 1.82) is 0 Å². The van der Waals surface area contributed by atoms with E-state index in [0.29, 0.717) is 18.2 Å². The number of hydrogen-bond acceptors (Lipinski definition) is 2. The van der Waals surface area contributed by atoms with E-state index in [1.807, 2.05) is 36.4 Å². The summed E-state index contributed by atoms with van der Waals surface area (Å²) in [4.78, 5) is 0. The molecule has 0 aliphatic heterocycles. The van der Waals surface area contributed by atoms with Gasteiger partial charge in [-0.2, -0.15) is 0 Å². The Labute approximate surface area is 118 Å². The van der Waals surface area contributed by atoms with E-state index in [1.54, 1.807) is 12.1 Å². The lowest BCUT2D eigenvalue weighted by Gasteiger charge is -2.15. The van der Waals surface area contributed by atoms with Gasteiger partial charge in [-0.15, -0.1) is 0 Å². The van der Waals surface area contributed by atoms with Crippen LogP contribution in [-0.4, -0.2) is 11.7 Å². The highest BCUT2D eigenvalue weighted by Crippen LogP contribution is 2.18. The van der Waals surface area contributed by atoms with Crippen molar-refractivity contribution in [3.05, 3.63) is 64.7 Å². The van der Waals surface area contributed by atoms with Crippen LogP contribution in [0.4, 0.5) is 0 Å². The van der Waals surface area contributed by atoms with E-state index in [0.717, 1.165) is 23.4 Å². The third-order valence-corrected chi connectivity index (χ3v) is 3.46. The molecule has 0 amide bonds. The summed E-state index contributed by atoms with van der Waals surface area (Å²) in [5.74, 6) is 0.669. The molecule has 19 heavy (non-hydrogen) atoms. The topological polar surface area (TPSA) is 46.2 Å². The normalized spacial score (nSPS) is 12.3. The average molecular weight is 276 g/mol. The molecule has 2 nitrogen and oxygen atoms in total. The molecule has 100 valence electrons. The molecule has 0 heterocycles. The van der Waals surface area contributed by atoms with Crippen LogP contribution in [-0.2, 0) is 12.8 Å². The lowest BCUT2D eigenvalue weighted by Crippen LogP contribution is -2.19. The third kappa shape index (κ3) is 4.27. The summed E-state index contributed by atoms with van der Waals surface area (Å²) in [7, 11) is 0. The Balaban J connectivity index is 2.02. The summed E-state index contributed by atoms with van der Waals surface area (Å²) in [6.07, 6.45) is 1.79. The molecule has 0 aliphatic carbocycles. The average Bonchev–Trinajstić information content (AvgIpc) is 2.40. The lowest BCUT2D eigenvalue weighted by atomic mass is 9.92. The first kappa shape index (κ1) is 13.9. The van der Waals surface area contributed by atoms with Crippen molar-refractivity contribution in [2.45, 2.75) is 12.8 Å². The van der Waals surface area contributed by atoms with Gasteiger partial charge in [-0.05, 0) is 60.7 Å². The van der Waals surface area contributed by atoms with E-state index in [-0.39, 0.29) is 0 Å². The van der Waals surface area contributed by atoms with Crippen LogP contribution in [0.15, 0.2) is 48.5 Å². The number of benzene rings is 2. The van der Waals surface area contributed by atoms with Gasteiger partial charge in [-0.1, -0.05) is 35.9 Å². The van der Waals surface area contributed by atoms with E-state index < -0.39 is 0 Å². The molecule has 0 aliphatic rings. The predicted molar refractivity (Wildman–Crippen MR) is 79.5 cm³/mol. The first-order chi connectivity index (χ1) is 9.17. The molecule has 1 unspecified atom stereocenters. The first-order valence-electron chi connectivity index (χ1n) is 6.40. The molecule has 0 bridgehead atoms. The fourth-order valence-corrected chi connectivity index (χ4v) is 2.34. The highest BCUT2D eigenvalue weighted by molar-refractivity contribution is 6.30. The standard InChI is InChI=1S/C16H18ClNO/c17-15-6-4-12(5-7-15)8-14(11-18)9-13-2-1-3-16(19)10-13/h1-7,10,14,19H,8-9,11,18H2. The molecular formula is C16H18ClNO. The van der Waals surface area contributed by atoms with Crippen LogP contribution in [0.5, 0.6) is 5.75 Å². The Morgan fingerprint density at radius 2 is 1.68 bits per heavy atom. The van der Waals surface area contributed by atoms with Gasteiger partial charge in [0.2, 0.25) is 0 Å². The second-order valence-electron chi connectivity index (χ2n) is 4.81. The van der Waals surface area contributed by atoms with Crippen LogP contribution < -0.4 is 5.73 Å². The van der Waals surface area contributed by atoms with Gasteiger partial charge in [0.25, 0.3) is 0 Å². The van der Waals surface area contributed by atoms with Crippen LogP contribution in [0.3, 0.4) is 0 Å². The SMILES string of the molecule is NCC(Cc1ccc(Cl)cc1)Cc1cccc(O)c1. The van der Waals surface area contributed by atoms with Crippen LogP contribution in [0.1, 0.15) is 11.1 Å². The molecule has 0 aromatic heterocycles. The molecule has 0 saturated carbocycles. The zero-order chi connectivity index (χ0) is 13.7. The van der Waals surface area contributed by atoms with Gasteiger partial charge in [-0.3, -0.25) is 0 Å². The van der Waals surface area contributed by atoms with Gasteiger partial charge in [-0.25, -0.2) is 0 Å². The maximum absolute atomic E-state index is 9.47. The molecule has 0 radical (unpaired) electrons. The summed E-state index contributed by atoms with van der Waals surface area (Å²) in [5, 5.41) is 10.2. The van der Waals surface area contributed by atoms with E-state index in [1.165, 1.54) is 5.56 Å². The summed E-state index contributed by atoms with van der Waals surface area (Å²) in [5.41, 5.74) is 8.20. The van der Waals surface area contributed by atoms with Crippen LogP contribution in [0.25, 0.3) is 0 Å². The zero-order valence-corrected chi connectivity index (χ0v) is 11.5. The zero-order valence-electron chi connectivity index (χ0n) is 10.7. The second-order valence-corrected chi connectivity index (χ2v) is 5.24. The number of halogens is 1. The fraction of sp³-hybridized carbons (Fsp3) is 0.250. The van der Waals surface area contributed by atoms with Gasteiger partial charge < -0.3 is 10.8 Å². The number of hydrogen-bond donors (Lipinski definition) is 2. The molecule has 3 N–H and O–H groups in total. The minimum Gasteiger partial charge on any atom is -0.508 e. The quantitative estimate of drug-likeness (QED) is 0.878. The Hall–Kier alpha value is -1.51. The fourth-order valence-electron chi connectivity index (χ4n) is 2.21. The number of phenolic OH excluding ortho intramolecular Hbond substituents is 1. The molecule has 0 saturated heterocycles. The predicted octanol–water partition coefficient (Wildman–Crippen LogP) is 3.41. The minimum absolute atomic E-state index is 0.305. The summed E-state index contributed by atoms with van der Waals surface area (Å²) in [6.45, 7) is 0.623. The van der Waals surface area contributed by atoms with Crippen molar-refractivity contribution < 1.29 is 5.11 Å². The highest BCUT2D eigenvalue weighted by Gasteiger charge is 2.09. The van der Waals surface area contributed by atoms with Crippen molar-refractivity contribution in [2.75, 3.05) is 6.54 Å². The van der Waals surface area contributed by atoms with Crippen LogP contribution >= 0.6 is 11.6 Å². The van der Waals surface area contributed by atoms with Gasteiger partial charge in [0.15, 0.2) is 0 Å². The number of aromatic hydroxyl groups is 1. The minimum atomic E-state index is 0.305. The van der Waals surface area contributed by atoms with Gasteiger partial charge >= 0.3 is 0 Å². The molecule has 0 spiro atoms. The Kier molecular flexibility index (Phi) is 4.83. The molecule has 1 atom stereocenters. The van der Waals surface area contributed by atoms with E-state index >= 15 is 0 Å². The highest BCUT2D eigenvalue weighted by atomic mass is 35.5. The summed E-state index contributed by atoms with van der Waals surface area (Å²) < 4.78 is 0. The number of nitrogens with two attached hydrogens (primary N) is 1. The van der Waals surface area contributed by atoms with Crippen molar-refractivity contribution in [1.82, 2.24) is 0 Å². The van der Waals surface area contributed by atoms with E-state index in [4.69, 9.17) is 17.3 Å². The third-order valence-electron chi connectivity index (χ3n) is 3.21. The van der Waals surface area contributed by atoms with Crippen LogP contribution in [0, 0.1) is 5.92 Å². The largest absolute Gasteiger partial charge is 0.508 e. The molecule has 2 rings (SSSR count). The smallest absolute Gasteiger partial charge is 0.115 e. The first-order valence-corrected chi connectivity index (χ1v) is 6.77. The Morgan fingerprint density at radius 3 is 2.32 bits per heavy atom. The van der Waals surface area contributed by atoms with E-state index in [2.05, 4.69) is 0 Å². The molecular weight excluding hydrogens is 258 g/mol. The second kappa shape index (κ2) is 6.60. The molecule has 0 fully saturated rings. The van der Waals surface area contributed by atoms with Crippen molar-refractivity contribution in [2.24, 2.45) is 11.7 Å². The summed E-state index contributed by atoms with van der Waals surface area (Å²) >= 11 is 5.88. The van der Waals surface area contributed by atoms with Crippen molar-refractivity contribution in [3.63, 3.8) is 0 Å². The maximum atomic E-state index is 9.47. The monoisotopic (exact) mass is 275 g/mol. The van der Waals surface area contributed by atoms with Crippen molar-refractivity contribution >= 4 is 11.6 Å². The number of rotatable bonds is 5. The molecule has 2 aromatic rings. The maximum Gasteiger partial charge on any atom is 0.115 e. The van der Waals surface area contributed by atoms with Gasteiger partial charge in [0.1, 0.15) is 5.75 Å². The Bertz CT molecular complexity index is 525. The molecule has 3 heteroatoms. The van der Waals surface area contributed by atoms with Crippen LogP contribution in [0.2, 0.25) is 5.02 Å². The van der Waals surface area contributed by atoms with Gasteiger partial charge in [0.05, 0.1) is 0 Å².